The van der Waals surface area contributed by atoms with Crippen LogP contribution in [0.4, 0.5) is 0 Å². The number of rotatable bonds is 5. The molecule has 0 radical (unpaired) electrons. The molecule has 16 heavy (non-hydrogen) atoms. The first kappa shape index (κ1) is 12.7. The SMILES string of the molecule is COc1c(C)cccc1C(=O)CCC(C)O. The first-order valence-corrected chi connectivity index (χ1v) is 5.41. The highest BCUT2D eigenvalue weighted by Crippen LogP contribution is 2.24. The van der Waals surface area contributed by atoms with Crippen LogP contribution >= 0.6 is 0 Å². The molecule has 1 N–H and O–H groups in total. The predicted molar refractivity (Wildman–Crippen MR) is 63.0 cm³/mol. The van der Waals surface area contributed by atoms with Crippen molar-refractivity contribution in [3.8, 4) is 5.75 Å². The molecule has 0 fully saturated rings. The van der Waals surface area contributed by atoms with Crippen molar-refractivity contribution in [3.63, 3.8) is 0 Å². The topological polar surface area (TPSA) is 46.5 Å². The Hall–Kier alpha value is -1.35. The third kappa shape index (κ3) is 3.07. The standard InChI is InChI=1S/C13H18O3/c1-9-5-4-6-11(13(9)16-3)12(15)8-7-10(2)14/h4-6,10,14H,7-8H2,1-3H3. The lowest BCUT2D eigenvalue weighted by Crippen LogP contribution is -2.07. The molecule has 1 unspecified atom stereocenters. The van der Waals surface area contributed by atoms with E-state index in [9.17, 15) is 4.79 Å². The van der Waals surface area contributed by atoms with Gasteiger partial charge in [-0.3, -0.25) is 4.79 Å². The highest BCUT2D eigenvalue weighted by atomic mass is 16.5. The lowest BCUT2D eigenvalue weighted by molar-refractivity contribution is 0.0946. The van der Waals surface area contributed by atoms with Gasteiger partial charge in [-0.1, -0.05) is 12.1 Å². The molecule has 0 saturated heterocycles. The van der Waals surface area contributed by atoms with E-state index in [1.165, 1.54) is 0 Å². The minimum atomic E-state index is -0.445. The smallest absolute Gasteiger partial charge is 0.166 e. The van der Waals surface area contributed by atoms with Crippen LogP contribution in [-0.2, 0) is 0 Å². The third-order valence-corrected chi connectivity index (χ3v) is 2.51. The molecule has 0 bridgehead atoms. The summed E-state index contributed by atoms with van der Waals surface area (Å²) in [6, 6.07) is 5.51. The zero-order valence-electron chi connectivity index (χ0n) is 9.99. The molecule has 0 aromatic heterocycles. The number of hydrogen-bond acceptors (Lipinski definition) is 3. The fraction of sp³-hybridized carbons (Fsp3) is 0.462. The van der Waals surface area contributed by atoms with Crippen LogP contribution in [0.15, 0.2) is 18.2 Å². The number of ether oxygens (including phenoxy) is 1. The summed E-state index contributed by atoms with van der Waals surface area (Å²) < 4.78 is 5.22. The van der Waals surface area contributed by atoms with Crippen LogP contribution in [0.1, 0.15) is 35.7 Å². The molecule has 0 amide bonds. The number of benzene rings is 1. The minimum Gasteiger partial charge on any atom is -0.496 e. The van der Waals surface area contributed by atoms with Gasteiger partial charge in [-0.25, -0.2) is 0 Å². The summed E-state index contributed by atoms with van der Waals surface area (Å²) in [5.74, 6) is 0.652. The van der Waals surface area contributed by atoms with Crippen LogP contribution in [0, 0.1) is 6.92 Å². The third-order valence-electron chi connectivity index (χ3n) is 2.51. The Balaban J connectivity index is 2.86. The van der Waals surface area contributed by atoms with Gasteiger partial charge in [0.05, 0.1) is 18.8 Å². The summed E-state index contributed by atoms with van der Waals surface area (Å²) in [5, 5.41) is 9.15. The molecule has 1 atom stereocenters. The summed E-state index contributed by atoms with van der Waals surface area (Å²) >= 11 is 0. The number of methoxy groups -OCH3 is 1. The summed E-state index contributed by atoms with van der Waals surface area (Å²) in [4.78, 5) is 11.9. The van der Waals surface area contributed by atoms with Crippen LogP contribution in [0.2, 0.25) is 0 Å². The van der Waals surface area contributed by atoms with Gasteiger partial charge in [-0.15, -0.1) is 0 Å². The van der Waals surface area contributed by atoms with Crippen LogP contribution in [0.25, 0.3) is 0 Å². The highest BCUT2D eigenvalue weighted by Gasteiger charge is 2.14. The minimum absolute atomic E-state index is 0.0152. The molecule has 0 spiro atoms. The molecule has 88 valence electrons. The first-order valence-electron chi connectivity index (χ1n) is 5.41. The molecular formula is C13H18O3. The van der Waals surface area contributed by atoms with Gasteiger partial charge in [0.15, 0.2) is 5.78 Å². The normalized spacial score (nSPS) is 12.2. The van der Waals surface area contributed by atoms with E-state index in [-0.39, 0.29) is 5.78 Å². The number of aliphatic hydroxyl groups excluding tert-OH is 1. The highest BCUT2D eigenvalue weighted by molar-refractivity contribution is 5.99. The number of Topliss-reactive ketones (excluding diaryl/α,β-unsaturated/α-hetero) is 1. The predicted octanol–water partition coefficient (Wildman–Crippen LogP) is 2.35. The molecule has 1 aromatic carbocycles. The fourth-order valence-electron chi connectivity index (χ4n) is 1.62. The van der Waals surface area contributed by atoms with E-state index in [1.807, 2.05) is 19.1 Å². The molecule has 1 rings (SSSR count). The van der Waals surface area contributed by atoms with Crippen molar-refractivity contribution in [2.24, 2.45) is 0 Å². The number of ketones is 1. The summed E-state index contributed by atoms with van der Waals surface area (Å²) in [7, 11) is 1.56. The lowest BCUT2D eigenvalue weighted by atomic mass is 10.0. The van der Waals surface area contributed by atoms with Crippen LogP contribution in [0.5, 0.6) is 5.75 Å². The molecule has 1 aromatic rings. The van der Waals surface area contributed by atoms with Crippen molar-refractivity contribution in [2.45, 2.75) is 32.8 Å². The molecule has 0 aliphatic heterocycles. The molecule has 0 aliphatic carbocycles. The van der Waals surface area contributed by atoms with E-state index < -0.39 is 6.10 Å². The van der Waals surface area contributed by atoms with E-state index in [1.54, 1.807) is 20.1 Å². The second-order valence-electron chi connectivity index (χ2n) is 3.97. The summed E-state index contributed by atoms with van der Waals surface area (Å²) in [5.41, 5.74) is 1.55. The molecule has 0 aliphatic rings. The largest absolute Gasteiger partial charge is 0.496 e. The van der Waals surface area contributed by atoms with E-state index in [0.717, 1.165) is 5.56 Å². The summed E-state index contributed by atoms with van der Waals surface area (Å²) in [6.45, 7) is 3.59. The molecule has 0 heterocycles. The maximum atomic E-state index is 11.9. The number of para-hydroxylation sites is 1. The van der Waals surface area contributed by atoms with Gasteiger partial charge in [-0.05, 0) is 31.9 Å². The van der Waals surface area contributed by atoms with Crippen molar-refractivity contribution >= 4 is 5.78 Å². The van der Waals surface area contributed by atoms with Gasteiger partial charge < -0.3 is 9.84 Å². The van der Waals surface area contributed by atoms with Crippen molar-refractivity contribution in [1.29, 1.82) is 0 Å². The monoisotopic (exact) mass is 222 g/mol. The Bertz CT molecular complexity index is 369. The zero-order valence-corrected chi connectivity index (χ0v) is 9.99. The molecular weight excluding hydrogens is 204 g/mol. The fourth-order valence-corrected chi connectivity index (χ4v) is 1.62. The van der Waals surface area contributed by atoms with E-state index in [0.29, 0.717) is 24.2 Å². The second kappa shape index (κ2) is 5.66. The van der Waals surface area contributed by atoms with Crippen LogP contribution in [0.3, 0.4) is 0 Å². The van der Waals surface area contributed by atoms with Gasteiger partial charge >= 0.3 is 0 Å². The lowest BCUT2D eigenvalue weighted by Gasteiger charge is -2.10. The van der Waals surface area contributed by atoms with Crippen LogP contribution < -0.4 is 4.74 Å². The van der Waals surface area contributed by atoms with Gasteiger partial charge in [0.1, 0.15) is 5.75 Å². The molecule has 3 nitrogen and oxygen atoms in total. The van der Waals surface area contributed by atoms with Gasteiger partial charge in [-0.2, -0.15) is 0 Å². The average Bonchev–Trinajstić information content (AvgIpc) is 2.25. The van der Waals surface area contributed by atoms with Gasteiger partial charge in [0.2, 0.25) is 0 Å². The van der Waals surface area contributed by atoms with Crippen molar-refractivity contribution in [3.05, 3.63) is 29.3 Å². The van der Waals surface area contributed by atoms with Gasteiger partial charge in [0.25, 0.3) is 0 Å². The Morgan fingerprint density at radius 3 is 2.75 bits per heavy atom. The van der Waals surface area contributed by atoms with Crippen molar-refractivity contribution in [1.82, 2.24) is 0 Å². The van der Waals surface area contributed by atoms with E-state index in [4.69, 9.17) is 9.84 Å². The van der Waals surface area contributed by atoms with Crippen molar-refractivity contribution in [2.75, 3.05) is 7.11 Å². The Kier molecular flexibility index (Phi) is 4.50. The average molecular weight is 222 g/mol. The second-order valence-corrected chi connectivity index (χ2v) is 3.97. The number of carbonyl (C=O) groups is 1. The number of aryl methyl sites for hydroxylation is 1. The van der Waals surface area contributed by atoms with E-state index in [2.05, 4.69) is 0 Å². The Morgan fingerprint density at radius 2 is 2.19 bits per heavy atom. The van der Waals surface area contributed by atoms with Crippen LogP contribution in [-0.4, -0.2) is 24.1 Å². The van der Waals surface area contributed by atoms with Gasteiger partial charge in [0, 0.05) is 6.42 Å². The first-order chi connectivity index (χ1) is 7.56. The molecule has 0 saturated carbocycles. The molecule has 3 heteroatoms. The Morgan fingerprint density at radius 1 is 1.50 bits per heavy atom. The number of carbonyl (C=O) groups excluding carboxylic acids is 1. The van der Waals surface area contributed by atoms with E-state index >= 15 is 0 Å². The number of hydrogen-bond donors (Lipinski definition) is 1. The quantitative estimate of drug-likeness (QED) is 0.778. The Labute approximate surface area is 96.1 Å². The maximum Gasteiger partial charge on any atom is 0.166 e. The zero-order chi connectivity index (χ0) is 12.1. The van der Waals surface area contributed by atoms with Crippen molar-refractivity contribution < 1.29 is 14.6 Å². The summed E-state index contributed by atoms with van der Waals surface area (Å²) in [6.07, 6.45) is 0.382. The number of aliphatic hydroxyl groups is 1. The maximum absolute atomic E-state index is 11.9.